The van der Waals surface area contributed by atoms with Crippen molar-refractivity contribution in [1.29, 1.82) is 0 Å². The van der Waals surface area contributed by atoms with Gasteiger partial charge in [0.05, 0.1) is 0 Å². The normalized spacial score (nSPS) is 10.4. The number of carboxylic acid groups (broad SMARTS) is 1. The van der Waals surface area contributed by atoms with Gasteiger partial charge in [0, 0.05) is 17.5 Å². The molecule has 0 saturated carbocycles. The summed E-state index contributed by atoms with van der Waals surface area (Å²) in [5, 5.41) is 10.7. The smallest absolute Gasteiger partial charge is 0.550 e. The van der Waals surface area contributed by atoms with Crippen LogP contribution in [-0.2, 0) is 4.79 Å². The van der Waals surface area contributed by atoms with Gasteiger partial charge in [-0.1, -0.05) is 49.4 Å². The fraction of sp³-hybridized carbons (Fsp3) is 0.133. The second-order valence-electron chi connectivity index (χ2n) is 4.15. The molecule has 108 valence electrons. The molecular formula is C15H16FNaO4. The van der Waals surface area contributed by atoms with Gasteiger partial charge in [0.25, 0.3) is 0 Å². The van der Waals surface area contributed by atoms with Crippen LogP contribution in [0, 0.1) is 5.82 Å². The second-order valence-corrected chi connectivity index (χ2v) is 4.15. The third-order valence-corrected chi connectivity index (χ3v) is 2.93. The van der Waals surface area contributed by atoms with E-state index in [0.717, 1.165) is 5.56 Å². The second kappa shape index (κ2) is 9.65. The third-order valence-electron chi connectivity index (χ3n) is 2.93. The molecule has 21 heavy (non-hydrogen) atoms. The number of carbonyl (C=O) groups excluding carboxylic acids is 1. The summed E-state index contributed by atoms with van der Waals surface area (Å²) >= 11 is 0. The van der Waals surface area contributed by atoms with Gasteiger partial charge < -0.3 is 20.9 Å². The van der Waals surface area contributed by atoms with Crippen molar-refractivity contribution in [3.63, 3.8) is 0 Å². The van der Waals surface area contributed by atoms with Crippen LogP contribution in [0.15, 0.2) is 48.5 Å². The van der Waals surface area contributed by atoms with Crippen molar-refractivity contribution >= 4 is 5.97 Å². The number of hydrogen-bond acceptors (Lipinski definition) is 2. The number of aliphatic carboxylic acids is 1. The van der Waals surface area contributed by atoms with Crippen molar-refractivity contribution < 1.29 is 54.8 Å². The van der Waals surface area contributed by atoms with Crippen LogP contribution in [0.1, 0.15) is 18.4 Å². The fourth-order valence-corrected chi connectivity index (χ4v) is 1.79. The SMILES string of the molecule is C[C@@H](C(=O)[O-])c1ccc(-c2ccccc2)c(F)c1.O.O.[Na+]. The monoisotopic (exact) mass is 302 g/mol. The van der Waals surface area contributed by atoms with Gasteiger partial charge in [0.1, 0.15) is 5.82 Å². The van der Waals surface area contributed by atoms with Gasteiger partial charge in [0.15, 0.2) is 0 Å². The predicted molar refractivity (Wildman–Crippen MR) is 72.5 cm³/mol. The van der Waals surface area contributed by atoms with E-state index in [2.05, 4.69) is 0 Å². The predicted octanol–water partition coefficient (Wildman–Crippen LogP) is -2.30. The molecule has 0 bridgehead atoms. The molecule has 0 aliphatic carbocycles. The van der Waals surface area contributed by atoms with Crippen LogP contribution in [0.4, 0.5) is 4.39 Å². The summed E-state index contributed by atoms with van der Waals surface area (Å²) in [4.78, 5) is 10.7. The van der Waals surface area contributed by atoms with Gasteiger partial charge in [-0.05, 0) is 17.2 Å². The average Bonchev–Trinajstić information content (AvgIpc) is 2.38. The van der Waals surface area contributed by atoms with E-state index in [1.807, 2.05) is 18.2 Å². The quantitative estimate of drug-likeness (QED) is 0.595. The first-order valence-electron chi connectivity index (χ1n) is 5.65. The van der Waals surface area contributed by atoms with Crippen LogP contribution in [0.3, 0.4) is 0 Å². The summed E-state index contributed by atoms with van der Waals surface area (Å²) in [6, 6.07) is 13.6. The molecule has 0 heterocycles. The molecule has 0 radical (unpaired) electrons. The zero-order chi connectivity index (χ0) is 13.1. The number of carbonyl (C=O) groups is 1. The maximum absolute atomic E-state index is 13.9. The molecule has 0 aromatic heterocycles. The van der Waals surface area contributed by atoms with Crippen molar-refractivity contribution in [2.75, 3.05) is 0 Å². The summed E-state index contributed by atoms with van der Waals surface area (Å²) in [6.07, 6.45) is 0. The Balaban J connectivity index is 0. The molecule has 4 N–H and O–H groups in total. The standard InChI is InChI=1S/C15H13FO2.Na.2H2O/c1-10(15(17)18)12-7-8-13(14(16)9-12)11-5-3-2-4-6-11;;;/h2-10H,1H3,(H,17,18);;2*1H2/q;+1;;/p-1/t10-;;;/m1.../s1. The Hall–Kier alpha value is -1.24. The van der Waals surface area contributed by atoms with Gasteiger partial charge in [-0.25, -0.2) is 4.39 Å². The van der Waals surface area contributed by atoms with Crippen molar-refractivity contribution in [1.82, 2.24) is 0 Å². The van der Waals surface area contributed by atoms with E-state index in [9.17, 15) is 14.3 Å². The number of benzene rings is 2. The van der Waals surface area contributed by atoms with Crippen LogP contribution >= 0.6 is 0 Å². The van der Waals surface area contributed by atoms with Crippen molar-refractivity contribution in [2.45, 2.75) is 12.8 Å². The van der Waals surface area contributed by atoms with Crippen LogP contribution in [0.25, 0.3) is 11.1 Å². The minimum atomic E-state index is -1.21. The van der Waals surface area contributed by atoms with Crippen LogP contribution in [0.5, 0.6) is 0 Å². The Bertz CT molecular complexity index is 575. The van der Waals surface area contributed by atoms with E-state index < -0.39 is 17.7 Å². The van der Waals surface area contributed by atoms with Gasteiger partial charge in [0.2, 0.25) is 0 Å². The molecule has 2 aromatic rings. The molecule has 0 unspecified atom stereocenters. The largest absolute Gasteiger partial charge is 1.00 e. The first-order valence-corrected chi connectivity index (χ1v) is 5.65. The molecule has 0 spiro atoms. The first-order chi connectivity index (χ1) is 8.59. The van der Waals surface area contributed by atoms with E-state index >= 15 is 0 Å². The van der Waals surface area contributed by atoms with Gasteiger partial charge in [-0.15, -0.1) is 0 Å². The molecule has 1 atom stereocenters. The Labute approximate surface area is 144 Å². The molecule has 0 aliphatic heterocycles. The molecule has 2 rings (SSSR count). The van der Waals surface area contributed by atoms with Crippen molar-refractivity contribution in [2.24, 2.45) is 0 Å². The molecular weight excluding hydrogens is 286 g/mol. The number of carboxylic acids is 1. The first kappa shape index (κ1) is 22.0. The number of hydrogen-bond donors (Lipinski definition) is 0. The summed E-state index contributed by atoms with van der Waals surface area (Å²) in [5.41, 5.74) is 1.64. The minimum Gasteiger partial charge on any atom is -0.550 e. The Morgan fingerprint density at radius 2 is 1.67 bits per heavy atom. The molecule has 0 amide bonds. The molecule has 0 aliphatic rings. The summed E-state index contributed by atoms with van der Waals surface area (Å²) in [6.45, 7) is 1.48. The van der Waals surface area contributed by atoms with Crippen LogP contribution in [0.2, 0.25) is 0 Å². The van der Waals surface area contributed by atoms with Crippen molar-refractivity contribution in [3.8, 4) is 11.1 Å². The molecule has 2 aromatic carbocycles. The Morgan fingerprint density at radius 1 is 1.10 bits per heavy atom. The fourth-order valence-electron chi connectivity index (χ4n) is 1.79. The Kier molecular flexibility index (Phi) is 10.1. The number of rotatable bonds is 3. The van der Waals surface area contributed by atoms with E-state index in [4.69, 9.17) is 0 Å². The van der Waals surface area contributed by atoms with E-state index in [1.165, 1.54) is 13.0 Å². The van der Waals surface area contributed by atoms with Gasteiger partial charge in [-0.2, -0.15) is 0 Å². The maximum atomic E-state index is 13.9. The van der Waals surface area contributed by atoms with Gasteiger partial charge >= 0.3 is 29.6 Å². The molecule has 6 heteroatoms. The minimum absolute atomic E-state index is 0. The molecule has 4 nitrogen and oxygen atoms in total. The summed E-state index contributed by atoms with van der Waals surface area (Å²) in [5.74, 6) is -2.45. The maximum Gasteiger partial charge on any atom is 1.00 e. The Morgan fingerprint density at radius 3 is 2.14 bits per heavy atom. The summed E-state index contributed by atoms with van der Waals surface area (Å²) in [7, 11) is 0. The van der Waals surface area contributed by atoms with Crippen LogP contribution < -0.4 is 34.7 Å². The van der Waals surface area contributed by atoms with Crippen LogP contribution in [-0.4, -0.2) is 16.9 Å². The van der Waals surface area contributed by atoms with E-state index in [0.29, 0.717) is 11.1 Å². The van der Waals surface area contributed by atoms with E-state index in [-0.39, 0.29) is 40.5 Å². The summed E-state index contributed by atoms with van der Waals surface area (Å²) < 4.78 is 13.9. The van der Waals surface area contributed by atoms with Gasteiger partial charge in [-0.3, -0.25) is 0 Å². The topological polar surface area (TPSA) is 103 Å². The van der Waals surface area contributed by atoms with Crippen molar-refractivity contribution in [3.05, 3.63) is 59.9 Å². The third kappa shape index (κ3) is 5.22. The zero-order valence-electron chi connectivity index (χ0n) is 11.9. The number of halogens is 1. The zero-order valence-corrected chi connectivity index (χ0v) is 13.9. The molecule has 0 fully saturated rings. The van der Waals surface area contributed by atoms with E-state index in [1.54, 1.807) is 24.3 Å². The average molecular weight is 302 g/mol. The molecule has 0 saturated heterocycles.